The van der Waals surface area contributed by atoms with E-state index < -0.39 is 0 Å². The Morgan fingerprint density at radius 3 is 2.65 bits per heavy atom. The van der Waals surface area contributed by atoms with E-state index in [1.807, 2.05) is 0 Å². The molecule has 0 saturated carbocycles. The molecule has 1 aromatic rings. The van der Waals surface area contributed by atoms with Crippen molar-refractivity contribution in [3.63, 3.8) is 0 Å². The summed E-state index contributed by atoms with van der Waals surface area (Å²) in [7, 11) is 0. The molecule has 1 fully saturated rings. The molecular formula is C16H22N2O5. The van der Waals surface area contributed by atoms with Crippen molar-refractivity contribution in [3.8, 4) is 0 Å². The summed E-state index contributed by atoms with van der Waals surface area (Å²) in [6.45, 7) is 3.20. The van der Waals surface area contributed by atoms with Crippen LogP contribution in [0.4, 0.5) is 0 Å². The van der Waals surface area contributed by atoms with E-state index in [2.05, 4.69) is 5.32 Å². The Hall–Kier alpha value is -2.31. The van der Waals surface area contributed by atoms with Gasteiger partial charge in [0, 0.05) is 25.6 Å². The van der Waals surface area contributed by atoms with Crippen molar-refractivity contribution in [3.05, 3.63) is 24.2 Å². The van der Waals surface area contributed by atoms with E-state index in [0.29, 0.717) is 38.3 Å². The molecule has 1 aliphatic heterocycles. The lowest BCUT2D eigenvalue weighted by atomic mass is 10.0. The zero-order chi connectivity index (χ0) is 16.7. The van der Waals surface area contributed by atoms with Crippen LogP contribution in [0.3, 0.4) is 0 Å². The third kappa shape index (κ3) is 5.12. The smallest absolute Gasteiger partial charge is 0.306 e. The minimum Gasteiger partial charge on any atom is -0.466 e. The predicted molar refractivity (Wildman–Crippen MR) is 81.6 cm³/mol. The summed E-state index contributed by atoms with van der Waals surface area (Å²) in [5.41, 5.74) is 0. The van der Waals surface area contributed by atoms with Crippen LogP contribution in [0.2, 0.25) is 0 Å². The van der Waals surface area contributed by atoms with E-state index in [0.717, 1.165) is 0 Å². The molecule has 0 spiro atoms. The molecule has 7 heteroatoms. The molecule has 1 saturated heterocycles. The van der Waals surface area contributed by atoms with Gasteiger partial charge in [0.2, 0.25) is 5.91 Å². The van der Waals surface area contributed by atoms with E-state index in [1.54, 1.807) is 24.0 Å². The highest BCUT2D eigenvalue weighted by molar-refractivity contribution is 5.91. The normalized spacial score (nSPS) is 15.3. The Bertz CT molecular complexity index is 533. The largest absolute Gasteiger partial charge is 0.466 e. The second kappa shape index (κ2) is 8.36. The summed E-state index contributed by atoms with van der Waals surface area (Å²) in [5, 5.41) is 2.90. The number of nitrogens with zero attached hydrogens (tertiary/aromatic N) is 1. The van der Waals surface area contributed by atoms with Gasteiger partial charge in [0.1, 0.15) is 0 Å². The second-order valence-electron chi connectivity index (χ2n) is 5.42. The number of carbonyl (C=O) groups excluding carboxylic acids is 3. The van der Waals surface area contributed by atoms with Crippen LogP contribution in [-0.2, 0) is 14.3 Å². The Kier molecular flexibility index (Phi) is 6.19. The fourth-order valence-corrected chi connectivity index (χ4v) is 2.53. The Morgan fingerprint density at radius 2 is 2.04 bits per heavy atom. The van der Waals surface area contributed by atoms with E-state index >= 15 is 0 Å². The molecule has 1 aliphatic rings. The number of hydrogen-bond acceptors (Lipinski definition) is 5. The van der Waals surface area contributed by atoms with Crippen LogP contribution in [0.25, 0.3) is 0 Å². The van der Waals surface area contributed by atoms with Crippen LogP contribution < -0.4 is 5.32 Å². The monoisotopic (exact) mass is 322 g/mol. The number of esters is 1. The van der Waals surface area contributed by atoms with Gasteiger partial charge in [0.05, 0.1) is 19.3 Å². The SMILES string of the molecule is CCOC(=O)CCC(=O)NC1CCN(C(=O)c2ccco2)CC1. The van der Waals surface area contributed by atoms with Crippen molar-refractivity contribution in [2.24, 2.45) is 0 Å². The first kappa shape index (κ1) is 17.1. The zero-order valence-electron chi connectivity index (χ0n) is 13.2. The minimum atomic E-state index is -0.360. The van der Waals surface area contributed by atoms with Crippen molar-refractivity contribution in [2.75, 3.05) is 19.7 Å². The first-order valence-electron chi connectivity index (χ1n) is 7.88. The molecule has 1 aromatic heterocycles. The summed E-state index contributed by atoms with van der Waals surface area (Å²) in [5.74, 6) is -0.306. The number of rotatable bonds is 6. The van der Waals surface area contributed by atoms with Crippen molar-refractivity contribution in [1.82, 2.24) is 10.2 Å². The van der Waals surface area contributed by atoms with E-state index in [4.69, 9.17) is 9.15 Å². The molecule has 2 heterocycles. The van der Waals surface area contributed by atoms with E-state index in [1.165, 1.54) is 6.26 Å². The van der Waals surface area contributed by atoms with Crippen LogP contribution in [0, 0.1) is 0 Å². The molecule has 2 rings (SSSR count). The molecule has 0 atom stereocenters. The highest BCUT2D eigenvalue weighted by Crippen LogP contribution is 2.14. The first-order valence-corrected chi connectivity index (χ1v) is 7.88. The highest BCUT2D eigenvalue weighted by Gasteiger charge is 2.25. The van der Waals surface area contributed by atoms with Crippen LogP contribution in [0.15, 0.2) is 22.8 Å². The molecule has 0 bridgehead atoms. The second-order valence-corrected chi connectivity index (χ2v) is 5.42. The van der Waals surface area contributed by atoms with Gasteiger partial charge in [-0.3, -0.25) is 14.4 Å². The van der Waals surface area contributed by atoms with Crippen LogP contribution in [-0.4, -0.2) is 48.4 Å². The summed E-state index contributed by atoms with van der Waals surface area (Å²) in [6.07, 6.45) is 3.08. The van der Waals surface area contributed by atoms with Crippen molar-refractivity contribution < 1.29 is 23.5 Å². The average molecular weight is 322 g/mol. The van der Waals surface area contributed by atoms with Crippen LogP contribution in [0.5, 0.6) is 0 Å². The fraction of sp³-hybridized carbons (Fsp3) is 0.562. The Balaban J connectivity index is 1.69. The molecule has 2 amide bonds. The van der Waals surface area contributed by atoms with Crippen molar-refractivity contribution in [1.29, 1.82) is 0 Å². The maximum absolute atomic E-state index is 12.1. The van der Waals surface area contributed by atoms with Gasteiger partial charge in [-0.15, -0.1) is 0 Å². The average Bonchev–Trinajstić information content (AvgIpc) is 3.08. The number of hydrogen-bond donors (Lipinski definition) is 1. The molecule has 126 valence electrons. The van der Waals surface area contributed by atoms with E-state index in [9.17, 15) is 14.4 Å². The summed E-state index contributed by atoms with van der Waals surface area (Å²) < 4.78 is 9.90. The summed E-state index contributed by atoms with van der Waals surface area (Å²) >= 11 is 0. The lowest BCUT2D eigenvalue weighted by Gasteiger charge is -2.31. The van der Waals surface area contributed by atoms with Crippen LogP contribution >= 0.6 is 0 Å². The molecule has 1 N–H and O–H groups in total. The van der Waals surface area contributed by atoms with Gasteiger partial charge < -0.3 is 19.4 Å². The van der Waals surface area contributed by atoms with E-state index in [-0.39, 0.29) is 36.7 Å². The molecular weight excluding hydrogens is 300 g/mol. The molecule has 0 unspecified atom stereocenters. The number of furan rings is 1. The third-order valence-corrected chi connectivity index (χ3v) is 3.74. The Morgan fingerprint density at radius 1 is 1.30 bits per heavy atom. The number of amides is 2. The van der Waals surface area contributed by atoms with Gasteiger partial charge in [-0.2, -0.15) is 0 Å². The number of likely N-dealkylation sites (tertiary alicyclic amines) is 1. The maximum atomic E-state index is 12.1. The topological polar surface area (TPSA) is 88.9 Å². The van der Waals surface area contributed by atoms with Crippen LogP contribution in [0.1, 0.15) is 43.2 Å². The highest BCUT2D eigenvalue weighted by atomic mass is 16.5. The predicted octanol–water partition coefficient (Wildman–Crippen LogP) is 1.34. The quantitative estimate of drug-likeness (QED) is 0.799. The molecule has 7 nitrogen and oxygen atoms in total. The number of ether oxygens (including phenoxy) is 1. The number of nitrogens with one attached hydrogen (secondary N) is 1. The fourth-order valence-electron chi connectivity index (χ4n) is 2.53. The van der Waals surface area contributed by atoms with Crippen molar-refractivity contribution in [2.45, 2.75) is 38.6 Å². The van der Waals surface area contributed by atoms with Crippen molar-refractivity contribution >= 4 is 17.8 Å². The zero-order valence-corrected chi connectivity index (χ0v) is 13.2. The van der Waals surface area contributed by atoms with Gasteiger partial charge in [0.15, 0.2) is 5.76 Å². The third-order valence-electron chi connectivity index (χ3n) is 3.74. The van der Waals surface area contributed by atoms with Gasteiger partial charge in [0.25, 0.3) is 5.91 Å². The maximum Gasteiger partial charge on any atom is 0.306 e. The molecule has 0 aromatic carbocycles. The first-order chi connectivity index (χ1) is 11.1. The van der Waals surface area contributed by atoms with Gasteiger partial charge in [-0.05, 0) is 31.9 Å². The van der Waals surface area contributed by atoms with Gasteiger partial charge in [-0.25, -0.2) is 0 Å². The molecule has 23 heavy (non-hydrogen) atoms. The lowest BCUT2D eigenvalue weighted by Crippen LogP contribution is -2.46. The number of piperidine rings is 1. The summed E-state index contributed by atoms with van der Waals surface area (Å²) in [4.78, 5) is 36.9. The Labute approximate surface area is 135 Å². The van der Waals surface area contributed by atoms with Gasteiger partial charge in [-0.1, -0.05) is 0 Å². The summed E-state index contributed by atoms with van der Waals surface area (Å²) in [6, 6.07) is 3.36. The standard InChI is InChI=1S/C16H22N2O5/c1-2-22-15(20)6-5-14(19)17-12-7-9-18(10-8-12)16(21)13-4-3-11-23-13/h3-4,11-12H,2,5-10H2,1H3,(H,17,19). The molecule has 0 aliphatic carbocycles. The molecule has 0 radical (unpaired) electrons. The minimum absolute atomic E-state index is 0.0327. The number of carbonyl (C=O) groups is 3. The lowest BCUT2D eigenvalue weighted by molar-refractivity contribution is -0.144. The van der Waals surface area contributed by atoms with Gasteiger partial charge >= 0.3 is 5.97 Å².